The number of nitrogens with two attached hydrogens (primary N) is 1. The summed E-state index contributed by atoms with van der Waals surface area (Å²) in [6.07, 6.45) is 1.45. The molecule has 0 saturated carbocycles. The quantitative estimate of drug-likeness (QED) is 0.398. The number of phenols is 1. The van der Waals surface area contributed by atoms with Gasteiger partial charge in [0.1, 0.15) is 16.2 Å². The minimum Gasteiger partial charge on any atom is -0.505 e. The molecule has 90 valence electrons. The average Bonchev–Trinajstić information content (AvgIpc) is 2.24. The Labute approximate surface area is 97.5 Å². The molecule has 0 unspecified atom stereocenters. The van der Waals surface area contributed by atoms with Crippen LogP contribution in [0.2, 0.25) is 0 Å². The van der Waals surface area contributed by atoms with Gasteiger partial charge in [0.25, 0.3) is 10.1 Å². The van der Waals surface area contributed by atoms with E-state index in [0.29, 0.717) is 0 Å². The summed E-state index contributed by atoms with van der Waals surface area (Å²) in [7, 11) is -4.49. The van der Waals surface area contributed by atoms with Crippen molar-refractivity contribution in [3.63, 3.8) is 0 Å². The van der Waals surface area contributed by atoms with E-state index in [9.17, 15) is 13.5 Å². The summed E-state index contributed by atoms with van der Waals surface area (Å²) >= 11 is 0. The number of fused-ring (bicyclic) bond motifs is 1. The Morgan fingerprint density at radius 3 is 2.65 bits per heavy atom. The fourth-order valence-corrected chi connectivity index (χ4v) is 2.62. The molecule has 0 radical (unpaired) electrons. The van der Waals surface area contributed by atoms with Gasteiger partial charge in [0, 0.05) is 17.1 Å². The molecule has 7 heteroatoms. The maximum Gasteiger partial charge on any atom is 0.297 e. The molecule has 0 aliphatic heterocycles. The zero-order chi connectivity index (χ0) is 12.8. The third kappa shape index (κ3) is 1.69. The highest BCUT2D eigenvalue weighted by atomic mass is 32.2. The summed E-state index contributed by atoms with van der Waals surface area (Å²) in [6.45, 7) is 1.35. The van der Waals surface area contributed by atoms with Crippen LogP contribution in [0.1, 0.15) is 5.56 Å². The Bertz CT molecular complexity index is 710. The zero-order valence-corrected chi connectivity index (χ0v) is 9.69. The Morgan fingerprint density at radius 2 is 2.06 bits per heavy atom. The lowest BCUT2D eigenvalue weighted by atomic mass is 10.1. The highest BCUT2D eigenvalue weighted by Crippen LogP contribution is 2.37. The summed E-state index contributed by atoms with van der Waals surface area (Å²) in [5.74, 6) is -0.303. The number of hydrogen-bond donors (Lipinski definition) is 3. The van der Waals surface area contributed by atoms with Crippen molar-refractivity contribution in [2.24, 2.45) is 0 Å². The Balaban J connectivity index is 3.08. The van der Waals surface area contributed by atoms with E-state index >= 15 is 0 Å². The standard InChI is InChI=1S/C10H10N2O4S/c1-5-9(13)8-6(3-2-4-12-8)7(11)10(5)17(14,15)16/h2-4,13H,11H2,1H3,(H,14,15,16). The number of pyridine rings is 1. The van der Waals surface area contributed by atoms with Gasteiger partial charge in [-0.05, 0) is 19.1 Å². The van der Waals surface area contributed by atoms with E-state index in [-0.39, 0.29) is 27.9 Å². The lowest BCUT2D eigenvalue weighted by molar-refractivity contribution is 0.466. The van der Waals surface area contributed by atoms with Crippen molar-refractivity contribution in [3.05, 3.63) is 23.9 Å². The van der Waals surface area contributed by atoms with E-state index in [2.05, 4.69) is 4.98 Å². The molecule has 0 aliphatic carbocycles. The van der Waals surface area contributed by atoms with Crippen LogP contribution in [0.25, 0.3) is 10.9 Å². The number of rotatable bonds is 1. The third-order valence-corrected chi connectivity index (χ3v) is 3.56. The fourth-order valence-electron chi connectivity index (χ4n) is 1.75. The van der Waals surface area contributed by atoms with E-state index in [1.807, 2.05) is 0 Å². The summed E-state index contributed by atoms with van der Waals surface area (Å²) < 4.78 is 31.5. The molecule has 0 spiro atoms. The van der Waals surface area contributed by atoms with Crippen molar-refractivity contribution in [1.82, 2.24) is 4.98 Å². The number of phenolic OH excluding ortho intramolecular Hbond substituents is 1. The molecule has 0 fully saturated rings. The second-order valence-corrected chi connectivity index (χ2v) is 4.95. The van der Waals surface area contributed by atoms with Gasteiger partial charge in [0.2, 0.25) is 0 Å². The zero-order valence-electron chi connectivity index (χ0n) is 8.88. The van der Waals surface area contributed by atoms with Crippen LogP contribution >= 0.6 is 0 Å². The molecule has 4 N–H and O–H groups in total. The SMILES string of the molecule is Cc1c(S(=O)(=O)O)c(N)c2cccnc2c1O. The van der Waals surface area contributed by atoms with E-state index in [1.165, 1.54) is 19.2 Å². The van der Waals surface area contributed by atoms with Gasteiger partial charge in [-0.25, -0.2) is 0 Å². The molecule has 1 aromatic heterocycles. The van der Waals surface area contributed by atoms with Gasteiger partial charge in [-0.2, -0.15) is 8.42 Å². The molecule has 0 bridgehead atoms. The van der Waals surface area contributed by atoms with Gasteiger partial charge in [-0.3, -0.25) is 9.54 Å². The van der Waals surface area contributed by atoms with E-state index in [4.69, 9.17) is 10.3 Å². The number of nitrogen functional groups attached to an aromatic ring is 1. The molecular weight excluding hydrogens is 244 g/mol. The molecule has 1 aromatic carbocycles. The third-order valence-electron chi connectivity index (χ3n) is 2.52. The van der Waals surface area contributed by atoms with Gasteiger partial charge in [0.15, 0.2) is 0 Å². The molecule has 2 rings (SSSR count). The van der Waals surface area contributed by atoms with Crippen molar-refractivity contribution in [2.75, 3.05) is 5.73 Å². The fraction of sp³-hybridized carbons (Fsp3) is 0.100. The highest BCUT2D eigenvalue weighted by Gasteiger charge is 2.23. The van der Waals surface area contributed by atoms with Crippen molar-refractivity contribution in [2.45, 2.75) is 11.8 Å². The molecule has 0 saturated heterocycles. The van der Waals surface area contributed by atoms with Crippen molar-refractivity contribution >= 4 is 26.7 Å². The molecule has 6 nitrogen and oxygen atoms in total. The lowest BCUT2D eigenvalue weighted by Gasteiger charge is -2.11. The first-order chi connectivity index (χ1) is 7.84. The topological polar surface area (TPSA) is 114 Å². The normalized spacial score (nSPS) is 11.9. The summed E-state index contributed by atoms with van der Waals surface area (Å²) in [5, 5.41) is 10.1. The van der Waals surface area contributed by atoms with Gasteiger partial charge in [-0.1, -0.05) is 0 Å². The summed E-state index contributed by atoms with van der Waals surface area (Å²) in [6, 6.07) is 3.08. The van der Waals surface area contributed by atoms with Gasteiger partial charge in [0.05, 0.1) is 5.69 Å². The van der Waals surface area contributed by atoms with Crippen LogP contribution in [0.4, 0.5) is 5.69 Å². The predicted octanol–water partition coefficient (Wildman–Crippen LogP) is 1.08. The summed E-state index contributed by atoms with van der Waals surface area (Å²) in [5.41, 5.74) is 5.75. The molecule has 0 atom stereocenters. The first kappa shape index (κ1) is 11.6. The van der Waals surface area contributed by atoms with Crippen molar-refractivity contribution in [3.8, 4) is 5.75 Å². The monoisotopic (exact) mass is 254 g/mol. The molecule has 0 amide bonds. The van der Waals surface area contributed by atoms with E-state index < -0.39 is 15.0 Å². The average molecular weight is 254 g/mol. The largest absolute Gasteiger partial charge is 0.505 e. The van der Waals surface area contributed by atoms with Crippen LogP contribution in [0.15, 0.2) is 23.2 Å². The van der Waals surface area contributed by atoms with Crippen LogP contribution in [-0.4, -0.2) is 23.1 Å². The van der Waals surface area contributed by atoms with Gasteiger partial charge >= 0.3 is 0 Å². The number of nitrogens with zero attached hydrogens (tertiary/aromatic N) is 1. The van der Waals surface area contributed by atoms with Crippen molar-refractivity contribution in [1.29, 1.82) is 0 Å². The van der Waals surface area contributed by atoms with Crippen LogP contribution < -0.4 is 5.73 Å². The number of anilines is 1. The predicted molar refractivity (Wildman–Crippen MR) is 62.4 cm³/mol. The molecule has 17 heavy (non-hydrogen) atoms. The Kier molecular flexibility index (Phi) is 2.44. The first-order valence-corrected chi connectivity index (χ1v) is 6.11. The van der Waals surface area contributed by atoms with Crippen LogP contribution in [0.3, 0.4) is 0 Å². The minimum atomic E-state index is -4.49. The lowest BCUT2D eigenvalue weighted by Crippen LogP contribution is -2.07. The van der Waals surface area contributed by atoms with Crippen LogP contribution in [0, 0.1) is 6.92 Å². The number of benzene rings is 1. The molecule has 2 aromatic rings. The highest BCUT2D eigenvalue weighted by molar-refractivity contribution is 7.86. The number of aromatic nitrogens is 1. The summed E-state index contributed by atoms with van der Waals surface area (Å²) in [4.78, 5) is 3.44. The Morgan fingerprint density at radius 1 is 1.41 bits per heavy atom. The van der Waals surface area contributed by atoms with Gasteiger partial charge < -0.3 is 10.8 Å². The second-order valence-electron chi connectivity index (χ2n) is 3.59. The van der Waals surface area contributed by atoms with Crippen LogP contribution in [-0.2, 0) is 10.1 Å². The smallest absolute Gasteiger partial charge is 0.297 e. The maximum atomic E-state index is 11.2. The second kappa shape index (κ2) is 3.57. The van der Waals surface area contributed by atoms with Crippen molar-refractivity contribution < 1.29 is 18.1 Å². The maximum absolute atomic E-state index is 11.2. The van der Waals surface area contributed by atoms with Gasteiger partial charge in [-0.15, -0.1) is 0 Å². The molecule has 1 heterocycles. The molecule has 0 aliphatic rings. The molecular formula is C10H10N2O4S. The first-order valence-electron chi connectivity index (χ1n) is 4.67. The van der Waals surface area contributed by atoms with E-state index in [0.717, 1.165) is 0 Å². The number of hydrogen-bond acceptors (Lipinski definition) is 5. The van der Waals surface area contributed by atoms with E-state index in [1.54, 1.807) is 6.07 Å². The Hall–Kier alpha value is -1.86. The number of aromatic hydroxyl groups is 1. The van der Waals surface area contributed by atoms with Crippen LogP contribution in [0.5, 0.6) is 5.75 Å². The minimum absolute atomic E-state index is 0.0174.